The van der Waals surface area contributed by atoms with Gasteiger partial charge in [0.25, 0.3) is 5.91 Å². The first kappa shape index (κ1) is 20.8. The molecule has 0 aromatic carbocycles. The number of aromatic nitrogens is 1. The lowest BCUT2D eigenvalue weighted by atomic mass is 9.95. The maximum Gasteiger partial charge on any atom is 0.252 e. The van der Waals surface area contributed by atoms with Gasteiger partial charge in [-0.3, -0.25) is 9.59 Å². The number of hydrogen-bond acceptors (Lipinski definition) is 6. The third kappa shape index (κ3) is 5.55. The van der Waals surface area contributed by atoms with E-state index in [1.54, 1.807) is 6.07 Å². The van der Waals surface area contributed by atoms with Crippen molar-refractivity contribution in [2.75, 3.05) is 45.9 Å². The Kier molecular flexibility index (Phi) is 6.60. The molecule has 30 heavy (non-hydrogen) atoms. The number of rotatable bonds is 7. The van der Waals surface area contributed by atoms with Crippen LogP contribution in [0.1, 0.15) is 41.7 Å². The summed E-state index contributed by atoms with van der Waals surface area (Å²) in [6, 6.07) is 5.02. The molecule has 0 bridgehead atoms. The molecular formula is C22H29N5O3. The Bertz CT molecular complexity index is 794. The number of pyridine rings is 1. The number of carbonyl (C=O) groups is 2. The van der Waals surface area contributed by atoms with Gasteiger partial charge in [-0.05, 0) is 62.7 Å². The molecule has 2 aliphatic heterocycles. The van der Waals surface area contributed by atoms with Gasteiger partial charge in [-0.2, -0.15) is 5.26 Å². The van der Waals surface area contributed by atoms with Gasteiger partial charge in [0.1, 0.15) is 18.4 Å². The van der Waals surface area contributed by atoms with E-state index in [0.29, 0.717) is 24.6 Å². The number of morpholine rings is 1. The second kappa shape index (κ2) is 9.54. The fourth-order valence-corrected chi connectivity index (χ4v) is 4.21. The van der Waals surface area contributed by atoms with E-state index in [2.05, 4.69) is 15.2 Å². The first-order chi connectivity index (χ1) is 14.6. The van der Waals surface area contributed by atoms with Crippen molar-refractivity contribution in [2.45, 2.75) is 31.8 Å². The predicted molar refractivity (Wildman–Crippen MR) is 109 cm³/mol. The Morgan fingerprint density at radius 1 is 1.20 bits per heavy atom. The summed E-state index contributed by atoms with van der Waals surface area (Å²) in [5.41, 5.74) is 0.672. The van der Waals surface area contributed by atoms with E-state index < -0.39 is 0 Å². The topological polar surface area (TPSA) is 98.6 Å². The highest BCUT2D eigenvalue weighted by Gasteiger charge is 2.31. The van der Waals surface area contributed by atoms with Crippen LogP contribution in [-0.2, 0) is 9.53 Å². The van der Waals surface area contributed by atoms with Crippen LogP contribution in [0.25, 0.3) is 0 Å². The maximum absolute atomic E-state index is 12.3. The zero-order chi connectivity index (χ0) is 20.9. The second-order valence-corrected chi connectivity index (χ2v) is 8.67. The summed E-state index contributed by atoms with van der Waals surface area (Å²) in [5.74, 6) is 1.25. The van der Waals surface area contributed by atoms with Crippen LogP contribution < -0.4 is 5.32 Å². The van der Waals surface area contributed by atoms with Crippen molar-refractivity contribution >= 4 is 11.8 Å². The molecule has 1 unspecified atom stereocenters. The molecule has 1 aromatic rings. The van der Waals surface area contributed by atoms with Gasteiger partial charge in [-0.1, -0.05) is 0 Å². The number of nitrogens with zero attached hydrogens (tertiary/aromatic N) is 4. The average Bonchev–Trinajstić information content (AvgIpc) is 3.59. The van der Waals surface area contributed by atoms with Crippen LogP contribution in [0.15, 0.2) is 18.3 Å². The molecule has 8 heteroatoms. The van der Waals surface area contributed by atoms with Gasteiger partial charge < -0.3 is 19.9 Å². The molecule has 0 radical (unpaired) electrons. The number of carbonyl (C=O) groups excluding carboxylic acids is 2. The standard InChI is InChI=1S/C22H29N5O3/c23-9-19-4-3-18(10-24-19)22(29)25-11-20-14-27(21(28)15-30-20)13-17-5-7-26(8-6-17)12-16-1-2-16/h3-4,10,16-17,20H,1-2,5-8,11-15H2,(H,25,29). The number of likely N-dealkylation sites (tertiary alicyclic amines) is 1. The quantitative estimate of drug-likeness (QED) is 0.720. The van der Waals surface area contributed by atoms with Crippen LogP contribution in [0.3, 0.4) is 0 Å². The maximum atomic E-state index is 12.3. The van der Waals surface area contributed by atoms with Crippen molar-refractivity contribution in [3.8, 4) is 6.07 Å². The van der Waals surface area contributed by atoms with Crippen molar-refractivity contribution < 1.29 is 14.3 Å². The first-order valence-electron chi connectivity index (χ1n) is 10.9. The van der Waals surface area contributed by atoms with Gasteiger partial charge in [0, 0.05) is 32.4 Å². The first-order valence-corrected chi connectivity index (χ1v) is 10.9. The molecule has 8 nitrogen and oxygen atoms in total. The summed E-state index contributed by atoms with van der Waals surface area (Å²) >= 11 is 0. The zero-order valence-corrected chi connectivity index (χ0v) is 17.3. The van der Waals surface area contributed by atoms with Crippen LogP contribution in [0.5, 0.6) is 0 Å². The van der Waals surface area contributed by atoms with E-state index >= 15 is 0 Å². The molecule has 0 spiro atoms. The highest BCUT2D eigenvalue weighted by Crippen LogP contribution is 2.31. The molecule has 3 fully saturated rings. The molecule has 4 rings (SSSR count). The molecule has 3 heterocycles. The molecular weight excluding hydrogens is 382 g/mol. The van der Waals surface area contributed by atoms with E-state index in [1.165, 1.54) is 31.6 Å². The highest BCUT2D eigenvalue weighted by molar-refractivity contribution is 5.93. The Labute approximate surface area is 177 Å². The lowest BCUT2D eigenvalue weighted by Gasteiger charge is -2.38. The third-order valence-electron chi connectivity index (χ3n) is 6.25. The smallest absolute Gasteiger partial charge is 0.252 e. The van der Waals surface area contributed by atoms with Crippen molar-refractivity contribution in [3.05, 3.63) is 29.6 Å². The number of amides is 2. The monoisotopic (exact) mass is 411 g/mol. The molecule has 3 aliphatic rings. The number of piperidine rings is 1. The zero-order valence-electron chi connectivity index (χ0n) is 17.3. The normalized spacial score (nSPS) is 23.2. The van der Waals surface area contributed by atoms with Crippen LogP contribution in [0.2, 0.25) is 0 Å². The van der Waals surface area contributed by atoms with Gasteiger partial charge in [0.2, 0.25) is 5.91 Å². The van der Waals surface area contributed by atoms with Crippen molar-refractivity contribution in [1.82, 2.24) is 20.1 Å². The minimum absolute atomic E-state index is 0.0364. The Morgan fingerprint density at radius 3 is 2.63 bits per heavy atom. The number of nitrogens with one attached hydrogen (secondary N) is 1. The van der Waals surface area contributed by atoms with Crippen LogP contribution >= 0.6 is 0 Å². The van der Waals surface area contributed by atoms with Gasteiger partial charge >= 0.3 is 0 Å². The molecule has 160 valence electrons. The van der Waals surface area contributed by atoms with Crippen LogP contribution in [-0.4, -0.2) is 78.6 Å². The molecule has 2 amide bonds. The minimum Gasteiger partial charge on any atom is -0.365 e. The molecule has 1 N–H and O–H groups in total. The molecule has 1 atom stereocenters. The van der Waals surface area contributed by atoms with Crippen molar-refractivity contribution in [1.29, 1.82) is 5.26 Å². The van der Waals surface area contributed by atoms with Gasteiger partial charge in [-0.25, -0.2) is 4.98 Å². The van der Waals surface area contributed by atoms with Crippen LogP contribution in [0.4, 0.5) is 0 Å². The SMILES string of the molecule is N#Cc1ccc(C(=O)NCC2CN(CC3CCN(CC4CC4)CC3)C(=O)CO2)cn1. The molecule has 1 aliphatic carbocycles. The largest absolute Gasteiger partial charge is 0.365 e. The van der Waals surface area contributed by atoms with Crippen molar-refractivity contribution in [3.63, 3.8) is 0 Å². The summed E-state index contributed by atoms with van der Waals surface area (Å²) in [5, 5.41) is 11.6. The van der Waals surface area contributed by atoms with E-state index in [0.717, 1.165) is 38.4 Å². The third-order valence-corrected chi connectivity index (χ3v) is 6.25. The van der Waals surface area contributed by atoms with Gasteiger partial charge in [0.05, 0.1) is 11.7 Å². The fraction of sp³-hybridized carbons (Fsp3) is 0.636. The van der Waals surface area contributed by atoms with Crippen LogP contribution in [0, 0.1) is 23.2 Å². The molecule has 1 aromatic heterocycles. The Balaban J connectivity index is 1.21. The predicted octanol–water partition coefficient (Wildman–Crippen LogP) is 1.03. The number of ether oxygens (including phenoxy) is 1. The Morgan fingerprint density at radius 2 is 1.97 bits per heavy atom. The second-order valence-electron chi connectivity index (χ2n) is 8.67. The lowest BCUT2D eigenvalue weighted by molar-refractivity contribution is -0.149. The van der Waals surface area contributed by atoms with E-state index in [1.807, 2.05) is 11.0 Å². The fourth-order valence-electron chi connectivity index (χ4n) is 4.21. The summed E-state index contributed by atoms with van der Waals surface area (Å²) < 4.78 is 5.63. The average molecular weight is 412 g/mol. The van der Waals surface area contributed by atoms with Gasteiger partial charge in [0.15, 0.2) is 0 Å². The summed E-state index contributed by atoms with van der Waals surface area (Å²) in [6.07, 6.45) is 6.24. The summed E-state index contributed by atoms with van der Waals surface area (Å²) in [4.78, 5) is 33.0. The number of nitriles is 1. The molecule has 1 saturated carbocycles. The summed E-state index contributed by atoms with van der Waals surface area (Å²) in [7, 11) is 0. The minimum atomic E-state index is -0.262. The highest BCUT2D eigenvalue weighted by atomic mass is 16.5. The lowest BCUT2D eigenvalue weighted by Crippen LogP contribution is -2.52. The molecule has 2 saturated heterocycles. The van der Waals surface area contributed by atoms with E-state index in [9.17, 15) is 9.59 Å². The number of hydrogen-bond donors (Lipinski definition) is 1. The van der Waals surface area contributed by atoms with Crippen molar-refractivity contribution in [2.24, 2.45) is 11.8 Å². The van der Waals surface area contributed by atoms with Gasteiger partial charge in [-0.15, -0.1) is 0 Å². The Hall–Kier alpha value is -2.50. The van der Waals surface area contributed by atoms with E-state index in [4.69, 9.17) is 10.00 Å². The van der Waals surface area contributed by atoms with E-state index in [-0.39, 0.29) is 30.2 Å². The summed E-state index contributed by atoms with van der Waals surface area (Å²) in [6.45, 7) is 5.22.